The molecule has 0 saturated heterocycles. The fraction of sp³-hybridized carbons (Fsp3) is 0.625. The number of carbonyl (C=O) groups is 1. The van der Waals surface area contributed by atoms with Gasteiger partial charge in [-0.25, -0.2) is 0 Å². The molecule has 0 aliphatic rings. The topological polar surface area (TPSA) is 37.3 Å². The van der Waals surface area contributed by atoms with Gasteiger partial charge in [0.1, 0.15) is 6.10 Å². The minimum absolute atomic E-state index is 0.455. The highest BCUT2D eigenvalue weighted by molar-refractivity contribution is 5.98. The van der Waals surface area contributed by atoms with Crippen LogP contribution in [0.2, 0.25) is 0 Å². The van der Waals surface area contributed by atoms with E-state index >= 15 is 0 Å². The highest BCUT2D eigenvalue weighted by Gasteiger charge is 2.27. The Kier molecular flexibility index (Phi) is 2.62. The van der Waals surface area contributed by atoms with E-state index in [9.17, 15) is 4.79 Å². The zero-order valence-corrected chi connectivity index (χ0v) is 6.51. The first kappa shape index (κ1) is 9.19. The molecule has 56 valence electrons. The number of ketones is 1. The second-order valence-electron chi connectivity index (χ2n) is 3.28. The predicted molar refractivity (Wildman–Crippen MR) is 39.3 cm³/mol. The number of rotatable bonds is 1. The zero-order chi connectivity index (χ0) is 8.36. The molecule has 0 aliphatic carbocycles. The van der Waals surface area contributed by atoms with Gasteiger partial charge in [0.05, 0.1) is 0 Å². The van der Waals surface area contributed by atoms with E-state index < -0.39 is 17.3 Å². The van der Waals surface area contributed by atoms with Gasteiger partial charge in [0.2, 0.25) is 5.78 Å². The number of aliphatic hydroxyl groups is 1. The molecular weight excluding hydrogens is 128 g/mol. The van der Waals surface area contributed by atoms with Crippen molar-refractivity contribution < 1.29 is 9.90 Å². The maximum Gasteiger partial charge on any atom is 0.234 e. The quantitative estimate of drug-likeness (QED) is 0.427. The van der Waals surface area contributed by atoms with Crippen LogP contribution >= 0.6 is 0 Å². The van der Waals surface area contributed by atoms with E-state index in [0.717, 1.165) is 0 Å². The van der Waals surface area contributed by atoms with Crippen LogP contribution in [0.25, 0.3) is 0 Å². The fourth-order valence-corrected chi connectivity index (χ4v) is 0.472. The van der Waals surface area contributed by atoms with E-state index in [1.54, 1.807) is 20.8 Å². The summed E-state index contributed by atoms with van der Waals surface area (Å²) in [4.78, 5) is 10.7. The summed E-state index contributed by atoms with van der Waals surface area (Å²) in [6.07, 6.45) is 3.77. The van der Waals surface area contributed by atoms with E-state index in [1.807, 2.05) is 5.92 Å². The lowest BCUT2D eigenvalue weighted by Crippen LogP contribution is -2.33. The molecule has 1 unspecified atom stereocenters. The second-order valence-corrected chi connectivity index (χ2v) is 3.28. The standard InChI is InChI=1S/C8H12O2/c1-5-6(9)7(10)8(2,3)4/h1,7,10H,2-4H3. The third-order valence-electron chi connectivity index (χ3n) is 1.21. The van der Waals surface area contributed by atoms with Crippen LogP contribution in [0.3, 0.4) is 0 Å². The Labute approximate surface area is 61.2 Å². The molecule has 0 saturated carbocycles. The molecule has 0 aromatic heterocycles. The molecule has 0 spiro atoms. The van der Waals surface area contributed by atoms with Gasteiger partial charge in [-0.15, -0.1) is 6.42 Å². The van der Waals surface area contributed by atoms with Crippen molar-refractivity contribution in [3.05, 3.63) is 0 Å². The normalized spacial score (nSPS) is 13.9. The van der Waals surface area contributed by atoms with Gasteiger partial charge in [0.25, 0.3) is 0 Å². The number of carbonyl (C=O) groups excluding carboxylic acids is 1. The summed E-state index contributed by atoms with van der Waals surface area (Å²) >= 11 is 0. The lowest BCUT2D eigenvalue weighted by Gasteiger charge is -2.22. The third-order valence-corrected chi connectivity index (χ3v) is 1.21. The van der Waals surface area contributed by atoms with Crippen LogP contribution < -0.4 is 0 Å². The molecule has 2 heteroatoms. The van der Waals surface area contributed by atoms with Gasteiger partial charge in [0.15, 0.2) is 0 Å². The Hall–Kier alpha value is -0.810. The first-order chi connectivity index (χ1) is 4.39. The Morgan fingerprint density at radius 2 is 2.00 bits per heavy atom. The van der Waals surface area contributed by atoms with Gasteiger partial charge in [-0.2, -0.15) is 0 Å². The molecule has 0 bridgehead atoms. The van der Waals surface area contributed by atoms with Crippen molar-refractivity contribution in [2.24, 2.45) is 5.41 Å². The Bertz CT molecular complexity index is 169. The van der Waals surface area contributed by atoms with E-state index in [2.05, 4.69) is 0 Å². The fourth-order valence-electron chi connectivity index (χ4n) is 0.472. The van der Waals surface area contributed by atoms with Crippen LogP contribution in [0.4, 0.5) is 0 Å². The van der Waals surface area contributed by atoms with Crippen molar-refractivity contribution in [1.29, 1.82) is 0 Å². The Morgan fingerprint density at radius 3 is 2.10 bits per heavy atom. The minimum atomic E-state index is -1.04. The largest absolute Gasteiger partial charge is 0.384 e. The first-order valence-electron chi connectivity index (χ1n) is 3.08. The highest BCUT2D eigenvalue weighted by atomic mass is 16.3. The third kappa shape index (κ3) is 2.20. The molecular formula is C8H12O2. The number of Topliss-reactive ketones (excluding diaryl/α,β-unsaturated/α-hetero) is 1. The van der Waals surface area contributed by atoms with Gasteiger partial charge < -0.3 is 5.11 Å². The SMILES string of the molecule is C#CC(=O)C(O)C(C)(C)C. The molecule has 0 heterocycles. The van der Waals surface area contributed by atoms with Crippen molar-refractivity contribution >= 4 is 5.78 Å². The average Bonchev–Trinajstić information content (AvgIpc) is 1.83. The summed E-state index contributed by atoms with van der Waals surface area (Å²) in [5.41, 5.74) is -0.455. The van der Waals surface area contributed by atoms with E-state index in [-0.39, 0.29) is 0 Å². The molecule has 0 rings (SSSR count). The summed E-state index contributed by atoms with van der Waals surface area (Å²) in [6.45, 7) is 5.27. The highest BCUT2D eigenvalue weighted by Crippen LogP contribution is 2.19. The lowest BCUT2D eigenvalue weighted by atomic mass is 9.87. The van der Waals surface area contributed by atoms with Crippen molar-refractivity contribution in [2.75, 3.05) is 0 Å². The predicted octanol–water partition coefficient (Wildman–Crippen LogP) is 0.596. The summed E-state index contributed by atoms with van der Waals surface area (Å²) in [5.74, 6) is 1.33. The number of hydrogen-bond donors (Lipinski definition) is 1. The van der Waals surface area contributed by atoms with E-state index in [0.29, 0.717) is 0 Å². The van der Waals surface area contributed by atoms with Gasteiger partial charge in [-0.05, 0) is 11.3 Å². The maximum absolute atomic E-state index is 10.7. The van der Waals surface area contributed by atoms with Crippen LogP contribution in [0, 0.1) is 17.8 Å². The number of aliphatic hydroxyl groups excluding tert-OH is 1. The number of hydrogen-bond acceptors (Lipinski definition) is 2. The Balaban J connectivity index is 4.26. The molecule has 2 nitrogen and oxygen atoms in total. The first-order valence-corrected chi connectivity index (χ1v) is 3.08. The molecule has 0 radical (unpaired) electrons. The molecule has 1 N–H and O–H groups in total. The maximum atomic E-state index is 10.7. The van der Waals surface area contributed by atoms with Crippen LogP contribution in [0.1, 0.15) is 20.8 Å². The molecule has 0 aromatic carbocycles. The molecule has 10 heavy (non-hydrogen) atoms. The van der Waals surface area contributed by atoms with Gasteiger partial charge >= 0.3 is 0 Å². The van der Waals surface area contributed by atoms with Crippen molar-refractivity contribution in [1.82, 2.24) is 0 Å². The van der Waals surface area contributed by atoms with E-state index in [4.69, 9.17) is 11.5 Å². The molecule has 0 fully saturated rings. The van der Waals surface area contributed by atoms with Crippen LogP contribution in [-0.2, 0) is 4.79 Å². The minimum Gasteiger partial charge on any atom is -0.384 e. The molecule has 1 atom stereocenters. The van der Waals surface area contributed by atoms with Gasteiger partial charge in [0, 0.05) is 0 Å². The average molecular weight is 140 g/mol. The summed E-state index contributed by atoms with van der Waals surface area (Å²) in [5, 5.41) is 9.16. The Morgan fingerprint density at radius 1 is 1.60 bits per heavy atom. The molecule has 0 aliphatic heterocycles. The molecule has 0 amide bonds. The van der Waals surface area contributed by atoms with E-state index in [1.165, 1.54) is 0 Å². The molecule has 0 aromatic rings. The lowest BCUT2D eigenvalue weighted by molar-refractivity contribution is -0.126. The second kappa shape index (κ2) is 2.85. The van der Waals surface area contributed by atoms with Gasteiger partial charge in [-0.1, -0.05) is 20.8 Å². The monoisotopic (exact) mass is 140 g/mol. The summed E-state index contributed by atoms with van der Waals surface area (Å²) in [7, 11) is 0. The number of terminal acetylenes is 1. The summed E-state index contributed by atoms with van der Waals surface area (Å²) < 4.78 is 0. The summed E-state index contributed by atoms with van der Waals surface area (Å²) in [6, 6.07) is 0. The van der Waals surface area contributed by atoms with Crippen LogP contribution in [-0.4, -0.2) is 17.0 Å². The van der Waals surface area contributed by atoms with Crippen LogP contribution in [0.5, 0.6) is 0 Å². The zero-order valence-electron chi connectivity index (χ0n) is 6.51. The van der Waals surface area contributed by atoms with Crippen molar-refractivity contribution in [3.8, 4) is 12.3 Å². The van der Waals surface area contributed by atoms with Crippen molar-refractivity contribution in [3.63, 3.8) is 0 Å². The van der Waals surface area contributed by atoms with Crippen molar-refractivity contribution in [2.45, 2.75) is 26.9 Å². The van der Waals surface area contributed by atoms with Crippen LogP contribution in [0.15, 0.2) is 0 Å². The van der Waals surface area contributed by atoms with Gasteiger partial charge in [-0.3, -0.25) is 4.79 Å². The smallest absolute Gasteiger partial charge is 0.234 e.